The van der Waals surface area contributed by atoms with Crippen LogP contribution in [0.1, 0.15) is 5.69 Å². The molecule has 0 spiro atoms. The summed E-state index contributed by atoms with van der Waals surface area (Å²) in [5, 5.41) is 8.86. The molecule has 0 bridgehead atoms. The van der Waals surface area contributed by atoms with Crippen LogP contribution in [0, 0.1) is 0 Å². The second-order valence-corrected chi connectivity index (χ2v) is 2.88. The van der Waals surface area contributed by atoms with Crippen molar-refractivity contribution in [1.29, 1.82) is 0 Å². The fourth-order valence-corrected chi connectivity index (χ4v) is 1.37. The van der Waals surface area contributed by atoms with Crippen molar-refractivity contribution in [1.82, 2.24) is 4.98 Å². The standard InChI is InChI=1S/C10H11N3/c1-11-12-7-9-6-8-4-2-3-5-10(8)13-9/h2-6,13H,7H2,1H3. The van der Waals surface area contributed by atoms with Gasteiger partial charge in [-0.25, -0.2) is 0 Å². The molecule has 0 saturated carbocycles. The van der Waals surface area contributed by atoms with Gasteiger partial charge in [0.25, 0.3) is 0 Å². The molecular formula is C10H11N3. The summed E-state index contributed by atoms with van der Waals surface area (Å²) in [5.74, 6) is 0. The van der Waals surface area contributed by atoms with Gasteiger partial charge in [0.15, 0.2) is 0 Å². The van der Waals surface area contributed by atoms with E-state index in [2.05, 4.69) is 33.4 Å². The molecule has 3 heteroatoms. The summed E-state index contributed by atoms with van der Waals surface area (Å²) < 4.78 is 0. The molecule has 0 fully saturated rings. The van der Waals surface area contributed by atoms with Crippen molar-refractivity contribution in [2.75, 3.05) is 7.05 Å². The topological polar surface area (TPSA) is 40.5 Å². The highest BCUT2D eigenvalue weighted by molar-refractivity contribution is 5.80. The smallest absolute Gasteiger partial charge is 0.0998 e. The molecule has 0 atom stereocenters. The molecule has 3 nitrogen and oxygen atoms in total. The zero-order valence-electron chi connectivity index (χ0n) is 7.49. The molecule has 1 aromatic heterocycles. The van der Waals surface area contributed by atoms with E-state index < -0.39 is 0 Å². The van der Waals surface area contributed by atoms with Crippen LogP contribution in [0.5, 0.6) is 0 Å². The van der Waals surface area contributed by atoms with Gasteiger partial charge in [0.2, 0.25) is 0 Å². The largest absolute Gasteiger partial charge is 0.357 e. The van der Waals surface area contributed by atoms with E-state index in [1.165, 1.54) is 5.39 Å². The minimum Gasteiger partial charge on any atom is -0.357 e. The first-order chi connectivity index (χ1) is 6.40. The third kappa shape index (κ3) is 1.59. The molecule has 66 valence electrons. The molecule has 0 saturated heterocycles. The normalized spacial score (nSPS) is 11.5. The Kier molecular flexibility index (Phi) is 2.08. The molecule has 13 heavy (non-hydrogen) atoms. The Morgan fingerprint density at radius 1 is 1.31 bits per heavy atom. The average molecular weight is 173 g/mol. The number of nitrogens with one attached hydrogen (secondary N) is 1. The minimum atomic E-state index is 0.630. The maximum atomic E-state index is 3.93. The van der Waals surface area contributed by atoms with Gasteiger partial charge in [0.1, 0.15) is 0 Å². The number of para-hydroxylation sites is 1. The van der Waals surface area contributed by atoms with Crippen LogP contribution < -0.4 is 0 Å². The highest BCUT2D eigenvalue weighted by Gasteiger charge is 1.97. The van der Waals surface area contributed by atoms with E-state index in [1.807, 2.05) is 12.1 Å². The fraction of sp³-hybridized carbons (Fsp3) is 0.200. The number of benzene rings is 1. The van der Waals surface area contributed by atoms with Crippen LogP contribution in [0.25, 0.3) is 10.9 Å². The number of rotatable bonds is 2. The Hall–Kier alpha value is -1.64. The molecule has 0 aliphatic carbocycles. The predicted molar refractivity (Wildman–Crippen MR) is 52.8 cm³/mol. The number of hydrogen-bond acceptors (Lipinski definition) is 2. The number of H-pyrrole nitrogens is 1. The van der Waals surface area contributed by atoms with Crippen molar-refractivity contribution >= 4 is 10.9 Å². The highest BCUT2D eigenvalue weighted by atomic mass is 15.1. The summed E-state index contributed by atoms with van der Waals surface area (Å²) in [5.41, 5.74) is 2.26. The summed E-state index contributed by atoms with van der Waals surface area (Å²) in [6.45, 7) is 0.630. The Labute approximate surface area is 76.5 Å². The maximum Gasteiger partial charge on any atom is 0.0998 e. The zero-order chi connectivity index (χ0) is 9.10. The number of nitrogens with zero attached hydrogens (tertiary/aromatic N) is 2. The Bertz CT molecular complexity index is 395. The number of fused-ring (bicyclic) bond motifs is 1. The first kappa shape index (κ1) is 7.98. The van der Waals surface area contributed by atoms with Gasteiger partial charge in [-0.15, -0.1) is 0 Å². The van der Waals surface area contributed by atoms with E-state index >= 15 is 0 Å². The van der Waals surface area contributed by atoms with Gasteiger partial charge >= 0.3 is 0 Å². The lowest BCUT2D eigenvalue weighted by atomic mass is 10.2. The quantitative estimate of drug-likeness (QED) is 0.678. The number of aromatic nitrogens is 1. The molecule has 0 aliphatic rings. The lowest BCUT2D eigenvalue weighted by Crippen LogP contribution is -1.77. The summed E-state index contributed by atoms with van der Waals surface area (Å²) in [4.78, 5) is 3.28. The van der Waals surface area contributed by atoms with Crippen LogP contribution in [0.4, 0.5) is 0 Å². The van der Waals surface area contributed by atoms with Gasteiger partial charge in [-0.2, -0.15) is 10.2 Å². The van der Waals surface area contributed by atoms with Gasteiger partial charge in [-0.05, 0) is 17.5 Å². The lowest BCUT2D eigenvalue weighted by Gasteiger charge is -1.86. The maximum absolute atomic E-state index is 3.93. The van der Waals surface area contributed by atoms with E-state index in [9.17, 15) is 0 Å². The van der Waals surface area contributed by atoms with Crippen molar-refractivity contribution in [2.24, 2.45) is 10.2 Å². The number of azo groups is 1. The van der Waals surface area contributed by atoms with Crippen LogP contribution in [-0.2, 0) is 6.54 Å². The molecule has 1 heterocycles. The summed E-state index contributed by atoms with van der Waals surface area (Å²) in [7, 11) is 1.68. The molecule has 0 unspecified atom stereocenters. The first-order valence-corrected chi connectivity index (χ1v) is 4.22. The van der Waals surface area contributed by atoms with Crippen LogP contribution in [-0.4, -0.2) is 12.0 Å². The molecule has 0 radical (unpaired) electrons. The van der Waals surface area contributed by atoms with Crippen molar-refractivity contribution in [2.45, 2.75) is 6.54 Å². The first-order valence-electron chi connectivity index (χ1n) is 4.22. The molecule has 1 aromatic carbocycles. The van der Waals surface area contributed by atoms with E-state index in [-0.39, 0.29) is 0 Å². The second kappa shape index (κ2) is 3.39. The van der Waals surface area contributed by atoms with Crippen molar-refractivity contribution in [3.8, 4) is 0 Å². The summed E-state index contributed by atoms with van der Waals surface area (Å²) >= 11 is 0. The van der Waals surface area contributed by atoms with E-state index in [4.69, 9.17) is 0 Å². The van der Waals surface area contributed by atoms with Gasteiger partial charge in [-0.1, -0.05) is 18.2 Å². The minimum absolute atomic E-state index is 0.630. The second-order valence-electron chi connectivity index (χ2n) is 2.88. The van der Waals surface area contributed by atoms with Crippen LogP contribution >= 0.6 is 0 Å². The van der Waals surface area contributed by atoms with Gasteiger partial charge in [0, 0.05) is 18.3 Å². The molecule has 2 rings (SSSR count). The Morgan fingerprint density at radius 3 is 2.92 bits per heavy atom. The van der Waals surface area contributed by atoms with Crippen molar-refractivity contribution < 1.29 is 0 Å². The van der Waals surface area contributed by atoms with Gasteiger partial charge < -0.3 is 4.98 Å². The van der Waals surface area contributed by atoms with Crippen LogP contribution in [0.15, 0.2) is 40.6 Å². The van der Waals surface area contributed by atoms with Crippen molar-refractivity contribution in [3.05, 3.63) is 36.0 Å². The third-order valence-corrected chi connectivity index (χ3v) is 1.97. The Morgan fingerprint density at radius 2 is 2.15 bits per heavy atom. The third-order valence-electron chi connectivity index (χ3n) is 1.97. The number of aromatic amines is 1. The molecular weight excluding hydrogens is 162 g/mol. The zero-order valence-corrected chi connectivity index (χ0v) is 7.49. The van der Waals surface area contributed by atoms with Gasteiger partial charge in [-0.3, -0.25) is 0 Å². The van der Waals surface area contributed by atoms with Crippen LogP contribution in [0.3, 0.4) is 0 Å². The summed E-state index contributed by atoms with van der Waals surface area (Å²) in [6, 6.07) is 10.3. The average Bonchev–Trinajstić information content (AvgIpc) is 2.57. The van der Waals surface area contributed by atoms with Crippen molar-refractivity contribution in [3.63, 3.8) is 0 Å². The van der Waals surface area contributed by atoms with E-state index in [0.29, 0.717) is 6.54 Å². The van der Waals surface area contributed by atoms with Crippen LogP contribution in [0.2, 0.25) is 0 Å². The van der Waals surface area contributed by atoms with E-state index in [0.717, 1.165) is 11.2 Å². The predicted octanol–water partition coefficient (Wildman–Crippen LogP) is 2.75. The molecule has 0 amide bonds. The highest BCUT2D eigenvalue weighted by Crippen LogP contribution is 2.14. The SMILES string of the molecule is CN=NCc1cc2ccccc2[nH]1. The molecule has 1 N–H and O–H groups in total. The Balaban J connectivity index is 2.38. The van der Waals surface area contributed by atoms with Gasteiger partial charge in [0.05, 0.1) is 6.54 Å². The molecule has 0 aliphatic heterocycles. The summed E-state index contributed by atoms with van der Waals surface area (Å²) in [6.07, 6.45) is 0. The van der Waals surface area contributed by atoms with E-state index in [1.54, 1.807) is 7.05 Å². The fourth-order valence-electron chi connectivity index (χ4n) is 1.37. The monoisotopic (exact) mass is 173 g/mol. The molecule has 2 aromatic rings. The lowest BCUT2D eigenvalue weighted by molar-refractivity contribution is 0.910. The number of hydrogen-bond donors (Lipinski definition) is 1.